The molecule has 0 aromatic carbocycles. The average molecular weight is 245 g/mol. The second-order valence-electron chi connectivity index (χ2n) is 4.60. The van der Waals surface area contributed by atoms with E-state index in [1.807, 2.05) is 35.7 Å². The third kappa shape index (κ3) is 2.13. The van der Waals surface area contributed by atoms with E-state index in [2.05, 4.69) is 20.8 Å². The monoisotopic (exact) mass is 245 g/mol. The summed E-state index contributed by atoms with van der Waals surface area (Å²) in [6.45, 7) is 1.90. The van der Waals surface area contributed by atoms with Crippen molar-refractivity contribution in [3.8, 4) is 0 Å². The number of carbonyl (C=O) groups excluding carboxylic acids is 1. The van der Waals surface area contributed by atoms with Gasteiger partial charge >= 0.3 is 6.03 Å². The van der Waals surface area contributed by atoms with Gasteiger partial charge in [0.15, 0.2) is 11.5 Å². The van der Waals surface area contributed by atoms with E-state index in [0.717, 1.165) is 24.3 Å². The molecule has 1 atom stereocenters. The standard InChI is InChI=1S/C12H15N5O/c1-8(13-12(18)14-9-5-6-9)11-16-15-10-4-2-3-7-17(10)11/h2-4,7-9H,5-6H2,1H3,(H2,13,14,18). The summed E-state index contributed by atoms with van der Waals surface area (Å²) in [7, 11) is 0. The van der Waals surface area contributed by atoms with E-state index in [4.69, 9.17) is 0 Å². The molecule has 2 aromatic heterocycles. The van der Waals surface area contributed by atoms with Crippen LogP contribution in [0.15, 0.2) is 24.4 Å². The number of nitrogens with one attached hydrogen (secondary N) is 2. The van der Waals surface area contributed by atoms with Gasteiger partial charge in [-0.25, -0.2) is 4.79 Å². The smallest absolute Gasteiger partial charge is 0.315 e. The molecule has 1 aliphatic carbocycles. The van der Waals surface area contributed by atoms with Gasteiger partial charge in [-0.1, -0.05) is 6.07 Å². The fourth-order valence-electron chi connectivity index (χ4n) is 1.87. The second-order valence-corrected chi connectivity index (χ2v) is 4.60. The first kappa shape index (κ1) is 11.0. The maximum absolute atomic E-state index is 11.7. The molecule has 0 aliphatic heterocycles. The van der Waals surface area contributed by atoms with Gasteiger partial charge in [0.05, 0.1) is 6.04 Å². The molecule has 2 heterocycles. The largest absolute Gasteiger partial charge is 0.335 e. The molecule has 1 aliphatic rings. The van der Waals surface area contributed by atoms with Crippen LogP contribution >= 0.6 is 0 Å². The van der Waals surface area contributed by atoms with Gasteiger partial charge in [-0.15, -0.1) is 10.2 Å². The molecule has 18 heavy (non-hydrogen) atoms. The highest BCUT2D eigenvalue weighted by atomic mass is 16.2. The molecule has 3 rings (SSSR count). The van der Waals surface area contributed by atoms with E-state index < -0.39 is 0 Å². The summed E-state index contributed by atoms with van der Waals surface area (Å²) in [4.78, 5) is 11.7. The van der Waals surface area contributed by atoms with E-state index >= 15 is 0 Å². The highest BCUT2D eigenvalue weighted by Crippen LogP contribution is 2.18. The Kier molecular flexibility index (Phi) is 2.62. The van der Waals surface area contributed by atoms with Gasteiger partial charge in [0.2, 0.25) is 0 Å². The van der Waals surface area contributed by atoms with Crippen molar-refractivity contribution in [2.45, 2.75) is 31.8 Å². The molecule has 94 valence electrons. The van der Waals surface area contributed by atoms with Crippen LogP contribution in [0.2, 0.25) is 0 Å². The Morgan fingerprint density at radius 2 is 2.28 bits per heavy atom. The SMILES string of the molecule is CC(NC(=O)NC1CC1)c1nnc2ccccn12. The Bertz CT molecular complexity index is 575. The fraction of sp³-hybridized carbons (Fsp3) is 0.417. The molecular formula is C12H15N5O. The predicted octanol–water partition coefficient (Wildman–Crippen LogP) is 1.25. The van der Waals surface area contributed by atoms with E-state index in [0.29, 0.717) is 6.04 Å². The molecule has 1 saturated carbocycles. The first-order valence-electron chi connectivity index (χ1n) is 6.11. The molecule has 0 spiro atoms. The Morgan fingerprint density at radius 3 is 3.06 bits per heavy atom. The second kappa shape index (κ2) is 4.29. The number of hydrogen-bond acceptors (Lipinski definition) is 3. The topological polar surface area (TPSA) is 71.3 Å². The van der Waals surface area contributed by atoms with E-state index in [1.165, 1.54) is 0 Å². The average Bonchev–Trinajstić information content (AvgIpc) is 3.06. The summed E-state index contributed by atoms with van der Waals surface area (Å²) in [5, 5.41) is 13.9. The number of fused-ring (bicyclic) bond motifs is 1. The molecule has 0 saturated heterocycles. The molecule has 0 bridgehead atoms. The first-order chi connectivity index (χ1) is 8.74. The fourth-order valence-corrected chi connectivity index (χ4v) is 1.87. The zero-order valence-corrected chi connectivity index (χ0v) is 10.1. The third-order valence-corrected chi connectivity index (χ3v) is 2.99. The van der Waals surface area contributed by atoms with Crippen LogP contribution in [0.25, 0.3) is 5.65 Å². The minimum atomic E-state index is -0.179. The quantitative estimate of drug-likeness (QED) is 0.855. The lowest BCUT2D eigenvalue weighted by molar-refractivity contribution is 0.237. The number of urea groups is 1. The Hall–Kier alpha value is -2.11. The highest BCUT2D eigenvalue weighted by Gasteiger charge is 2.24. The van der Waals surface area contributed by atoms with Crippen LogP contribution < -0.4 is 10.6 Å². The van der Waals surface area contributed by atoms with Gasteiger partial charge in [0.1, 0.15) is 0 Å². The summed E-state index contributed by atoms with van der Waals surface area (Å²) in [5.74, 6) is 0.733. The molecule has 2 aromatic rings. The minimum absolute atomic E-state index is 0.141. The number of hydrogen-bond donors (Lipinski definition) is 2. The molecule has 2 N–H and O–H groups in total. The molecular weight excluding hydrogens is 230 g/mol. The number of aromatic nitrogens is 3. The van der Waals surface area contributed by atoms with Gasteiger partial charge in [0.25, 0.3) is 0 Å². The van der Waals surface area contributed by atoms with Crippen molar-refractivity contribution in [1.29, 1.82) is 0 Å². The maximum Gasteiger partial charge on any atom is 0.315 e. The van der Waals surface area contributed by atoms with E-state index in [1.54, 1.807) is 0 Å². The predicted molar refractivity (Wildman–Crippen MR) is 66.1 cm³/mol. The molecule has 2 amide bonds. The van der Waals surface area contributed by atoms with Gasteiger partial charge in [-0.05, 0) is 31.9 Å². The molecule has 6 heteroatoms. The summed E-state index contributed by atoms with van der Waals surface area (Å²) in [6, 6.07) is 5.74. The van der Waals surface area contributed by atoms with Crippen molar-refractivity contribution in [3.05, 3.63) is 30.2 Å². The normalized spacial score (nSPS) is 16.5. The van der Waals surface area contributed by atoms with Crippen molar-refractivity contribution >= 4 is 11.7 Å². The van der Waals surface area contributed by atoms with E-state index in [9.17, 15) is 4.79 Å². The van der Waals surface area contributed by atoms with Crippen LogP contribution in [0.1, 0.15) is 31.6 Å². The van der Waals surface area contributed by atoms with Gasteiger partial charge in [0, 0.05) is 12.2 Å². The lowest BCUT2D eigenvalue weighted by atomic mass is 10.3. The van der Waals surface area contributed by atoms with Crippen molar-refractivity contribution in [3.63, 3.8) is 0 Å². The molecule has 6 nitrogen and oxygen atoms in total. The van der Waals surface area contributed by atoms with Gasteiger partial charge < -0.3 is 10.6 Å². The van der Waals surface area contributed by atoms with Crippen LogP contribution in [0, 0.1) is 0 Å². The van der Waals surface area contributed by atoms with Gasteiger partial charge in [-0.2, -0.15) is 0 Å². The third-order valence-electron chi connectivity index (χ3n) is 2.99. The number of amides is 2. The van der Waals surface area contributed by atoms with Crippen LogP contribution in [-0.2, 0) is 0 Å². The molecule has 1 fully saturated rings. The molecule has 0 radical (unpaired) electrons. The van der Waals surface area contributed by atoms with Crippen LogP contribution in [0.3, 0.4) is 0 Å². The summed E-state index contributed by atoms with van der Waals surface area (Å²) < 4.78 is 1.88. The minimum Gasteiger partial charge on any atom is -0.335 e. The van der Waals surface area contributed by atoms with Crippen molar-refractivity contribution in [1.82, 2.24) is 25.2 Å². The highest BCUT2D eigenvalue weighted by molar-refractivity contribution is 5.75. The van der Waals surface area contributed by atoms with E-state index in [-0.39, 0.29) is 12.1 Å². The van der Waals surface area contributed by atoms with Gasteiger partial charge in [-0.3, -0.25) is 4.40 Å². The van der Waals surface area contributed by atoms with Crippen LogP contribution in [0.4, 0.5) is 4.79 Å². The van der Waals surface area contributed by atoms with Crippen molar-refractivity contribution in [2.24, 2.45) is 0 Å². The molecule has 1 unspecified atom stereocenters. The number of nitrogens with zero attached hydrogens (tertiary/aromatic N) is 3. The van der Waals surface area contributed by atoms with Crippen molar-refractivity contribution in [2.75, 3.05) is 0 Å². The summed E-state index contributed by atoms with van der Waals surface area (Å²) >= 11 is 0. The zero-order valence-electron chi connectivity index (χ0n) is 10.1. The number of rotatable bonds is 3. The Morgan fingerprint density at radius 1 is 1.44 bits per heavy atom. The Labute approximate surface area is 104 Å². The van der Waals surface area contributed by atoms with Crippen molar-refractivity contribution < 1.29 is 4.79 Å². The first-order valence-corrected chi connectivity index (χ1v) is 6.11. The summed E-state index contributed by atoms with van der Waals surface area (Å²) in [6.07, 6.45) is 4.05. The Balaban J connectivity index is 1.74. The van der Waals surface area contributed by atoms with Crippen LogP contribution in [-0.4, -0.2) is 26.7 Å². The zero-order chi connectivity index (χ0) is 12.5. The van der Waals surface area contributed by atoms with Crippen LogP contribution in [0.5, 0.6) is 0 Å². The number of pyridine rings is 1. The lowest BCUT2D eigenvalue weighted by Gasteiger charge is -2.12. The lowest BCUT2D eigenvalue weighted by Crippen LogP contribution is -2.38. The maximum atomic E-state index is 11.7. The summed E-state index contributed by atoms with van der Waals surface area (Å²) in [5.41, 5.74) is 0.781. The number of carbonyl (C=O) groups is 1.